The zero-order valence-electron chi connectivity index (χ0n) is 4.57. The Labute approximate surface area is 69.6 Å². The summed E-state index contributed by atoms with van der Waals surface area (Å²) < 4.78 is 0. The maximum Gasteiger partial charge on any atom is 0 e. The van der Waals surface area contributed by atoms with Gasteiger partial charge in [-0.2, -0.15) is 0 Å². The molecule has 6 heavy (non-hydrogen) atoms. The molecule has 0 nitrogen and oxygen atoms in total. The van der Waals surface area contributed by atoms with Crippen molar-refractivity contribution in [1.29, 1.82) is 0 Å². The summed E-state index contributed by atoms with van der Waals surface area (Å²) in [6, 6.07) is 0. The maximum absolute atomic E-state index is 2.12. The summed E-state index contributed by atoms with van der Waals surface area (Å²) in [6.07, 6.45) is 5.34. The van der Waals surface area contributed by atoms with Crippen molar-refractivity contribution in [1.82, 2.24) is 0 Å². The van der Waals surface area contributed by atoms with Crippen molar-refractivity contribution in [2.45, 2.75) is 20.3 Å². The summed E-state index contributed by atoms with van der Waals surface area (Å²) in [4.78, 5) is 0. The van der Waals surface area contributed by atoms with Gasteiger partial charge in [-0.25, -0.2) is 0 Å². The fourth-order valence-corrected chi connectivity index (χ4v) is 0.236. The molecule has 0 aromatic carbocycles. The minimum atomic E-state index is 0. The summed E-state index contributed by atoms with van der Waals surface area (Å²) in [5.41, 5.74) is 0. The Kier molecular flexibility index (Phi) is 15.7. The van der Waals surface area contributed by atoms with Crippen molar-refractivity contribution < 1.29 is 0 Å². The molecule has 0 aromatic rings. The molecule has 0 spiro atoms. The summed E-state index contributed by atoms with van der Waals surface area (Å²) >= 11 is 0. The van der Waals surface area contributed by atoms with Crippen LogP contribution >= 0.6 is 0 Å². The Morgan fingerprint density at radius 1 is 1.50 bits per heavy atom. The number of allylic oxidation sites excluding steroid dienone is 2. The second-order valence-electron chi connectivity index (χ2n) is 0.977. The maximum atomic E-state index is 2.12. The number of hydrogen-bond donors (Lipinski definition) is 0. The Morgan fingerprint density at radius 3 is 2.00 bits per heavy atom. The molecule has 32 valence electrons. The van der Waals surface area contributed by atoms with Gasteiger partial charge in [-0.05, 0) is 13.3 Å². The average Bonchev–Trinajstić information content (AvgIpc) is 1.41. The van der Waals surface area contributed by atoms with Crippen LogP contribution in [0.15, 0.2) is 12.2 Å². The van der Waals surface area contributed by atoms with Crippen molar-refractivity contribution in [3.8, 4) is 0 Å². The van der Waals surface area contributed by atoms with Gasteiger partial charge in [0.25, 0.3) is 0 Å². The van der Waals surface area contributed by atoms with Crippen LogP contribution in [-0.4, -0.2) is 37.7 Å². The van der Waals surface area contributed by atoms with E-state index in [1.165, 1.54) is 0 Å². The van der Waals surface area contributed by atoms with E-state index in [0.29, 0.717) is 0 Å². The molecule has 0 bridgehead atoms. The summed E-state index contributed by atoms with van der Waals surface area (Å²) in [6.45, 7) is 4.16. The van der Waals surface area contributed by atoms with E-state index in [1.807, 2.05) is 6.92 Å². The van der Waals surface area contributed by atoms with Crippen LogP contribution < -0.4 is 0 Å². The standard InChI is InChI=1S/C5H10.Ca/c1-3-5-4-2;/h3,5H,4H2,1-2H3;. The molecule has 0 aliphatic carbocycles. The molecule has 0 saturated heterocycles. The van der Waals surface area contributed by atoms with Crippen molar-refractivity contribution in [2.75, 3.05) is 0 Å². The van der Waals surface area contributed by atoms with Gasteiger partial charge in [0.2, 0.25) is 0 Å². The molecule has 0 rings (SSSR count). The molecule has 0 fully saturated rings. The van der Waals surface area contributed by atoms with E-state index in [2.05, 4.69) is 19.1 Å². The predicted molar refractivity (Wildman–Crippen MR) is 30.9 cm³/mol. The molecule has 0 unspecified atom stereocenters. The van der Waals surface area contributed by atoms with Crippen molar-refractivity contribution in [3.05, 3.63) is 12.2 Å². The van der Waals surface area contributed by atoms with Crippen LogP contribution in [0.5, 0.6) is 0 Å². The SMILES string of the molecule is CC=CCC.[Ca]. The second-order valence-corrected chi connectivity index (χ2v) is 0.977. The van der Waals surface area contributed by atoms with Crippen LogP contribution in [0.4, 0.5) is 0 Å². The molecular formula is C5H10Ca. The monoisotopic (exact) mass is 110 g/mol. The summed E-state index contributed by atoms with van der Waals surface area (Å²) in [7, 11) is 0. The molecule has 0 heterocycles. The predicted octanol–water partition coefficient (Wildman–Crippen LogP) is 1.59. The van der Waals surface area contributed by atoms with E-state index in [9.17, 15) is 0 Å². The molecule has 0 amide bonds. The zero-order chi connectivity index (χ0) is 4.12. The van der Waals surface area contributed by atoms with Gasteiger partial charge in [-0.15, -0.1) is 0 Å². The number of rotatable bonds is 1. The smallest absolute Gasteiger partial charge is 0 e. The molecule has 0 aromatic heterocycles. The van der Waals surface area contributed by atoms with Gasteiger partial charge >= 0.3 is 0 Å². The molecule has 2 radical (unpaired) electrons. The first-order chi connectivity index (χ1) is 2.41. The first-order valence-corrected chi connectivity index (χ1v) is 2.03. The fraction of sp³-hybridized carbons (Fsp3) is 0.600. The van der Waals surface area contributed by atoms with E-state index >= 15 is 0 Å². The minimum absolute atomic E-state index is 0. The van der Waals surface area contributed by atoms with Gasteiger partial charge in [0.15, 0.2) is 0 Å². The van der Waals surface area contributed by atoms with Crippen molar-refractivity contribution in [3.63, 3.8) is 0 Å². The topological polar surface area (TPSA) is 0 Å². The van der Waals surface area contributed by atoms with Gasteiger partial charge < -0.3 is 0 Å². The number of hydrogen-bond acceptors (Lipinski definition) is 0. The Balaban J connectivity index is 0. The van der Waals surface area contributed by atoms with Crippen molar-refractivity contribution in [2.24, 2.45) is 0 Å². The third-order valence-electron chi connectivity index (χ3n) is 0.471. The minimum Gasteiger partial charge on any atom is -0.0917 e. The Hall–Kier alpha value is 1.000. The van der Waals surface area contributed by atoms with Crippen LogP contribution in [0.25, 0.3) is 0 Å². The van der Waals surface area contributed by atoms with E-state index in [4.69, 9.17) is 0 Å². The van der Waals surface area contributed by atoms with E-state index in [0.717, 1.165) is 6.42 Å². The quantitative estimate of drug-likeness (QED) is 0.355. The van der Waals surface area contributed by atoms with Crippen LogP contribution in [0.1, 0.15) is 20.3 Å². The second kappa shape index (κ2) is 9.37. The molecule has 0 atom stereocenters. The first kappa shape index (κ1) is 10.1. The third-order valence-corrected chi connectivity index (χ3v) is 0.471. The van der Waals surface area contributed by atoms with Gasteiger partial charge in [0.1, 0.15) is 0 Å². The van der Waals surface area contributed by atoms with Gasteiger partial charge in [-0.3, -0.25) is 0 Å². The van der Waals surface area contributed by atoms with E-state index < -0.39 is 0 Å². The molecule has 1 heteroatoms. The van der Waals surface area contributed by atoms with Crippen LogP contribution in [-0.2, 0) is 0 Å². The molecule has 0 aliphatic heterocycles. The first-order valence-electron chi connectivity index (χ1n) is 2.03. The van der Waals surface area contributed by atoms with Crippen LogP contribution in [0.2, 0.25) is 0 Å². The van der Waals surface area contributed by atoms with Gasteiger partial charge in [0, 0.05) is 37.7 Å². The largest absolute Gasteiger partial charge is 0.0917 e. The van der Waals surface area contributed by atoms with Crippen LogP contribution in [0.3, 0.4) is 0 Å². The fourth-order valence-electron chi connectivity index (χ4n) is 0.236. The molecule has 0 saturated carbocycles. The van der Waals surface area contributed by atoms with Gasteiger partial charge in [0.05, 0.1) is 0 Å². The Bertz CT molecular complexity index is 30.9. The van der Waals surface area contributed by atoms with Crippen molar-refractivity contribution >= 4 is 37.7 Å². The normalized spacial score (nSPS) is 8.33. The molecule has 0 N–H and O–H groups in total. The molecule has 0 aliphatic rings. The molecular weight excluding hydrogens is 100 g/mol. The van der Waals surface area contributed by atoms with Crippen LogP contribution in [0, 0.1) is 0 Å². The summed E-state index contributed by atoms with van der Waals surface area (Å²) in [5.74, 6) is 0. The summed E-state index contributed by atoms with van der Waals surface area (Å²) in [5, 5.41) is 0. The zero-order valence-corrected chi connectivity index (χ0v) is 6.78. The van der Waals surface area contributed by atoms with E-state index in [-0.39, 0.29) is 37.7 Å². The van der Waals surface area contributed by atoms with Gasteiger partial charge in [-0.1, -0.05) is 19.1 Å². The average molecular weight is 110 g/mol. The Morgan fingerprint density at radius 2 is 2.00 bits per heavy atom. The third kappa shape index (κ3) is 8.89. The van der Waals surface area contributed by atoms with E-state index in [1.54, 1.807) is 0 Å².